The molecule has 1 heterocycles. The molecule has 0 spiro atoms. The lowest BCUT2D eigenvalue weighted by Crippen LogP contribution is -2.36. The summed E-state index contributed by atoms with van der Waals surface area (Å²) in [6.07, 6.45) is 2.02. The van der Waals surface area contributed by atoms with Crippen LogP contribution >= 0.6 is 0 Å². The Bertz CT molecular complexity index is 700. The van der Waals surface area contributed by atoms with Gasteiger partial charge in [-0.1, -0.05) is 60.7 Å². The van der Waals surface area contributed by atoms with E-state index in [2.05, 4.69) is 48.5 Å². The van der Waals surface area contributed by atoms with E-state index in [1.807, 2.05) is 12.1 Å². The van der Waals surface area contributed by atoms with Gasteiger partial charge in [0.05, 0.1) is 5.92 Å². The number of carbonyl (C=O) groups is 1. The Labute approximate surface area is 135 Å². The second-order valence-electron chi connectivity index (χ2n) is 6.88. The van der Waals surface area contributed by atoms with Gasteiger partial charge in [0.1, 0.15) is 6.10 Å². The summed E-state index contributed by atoms with van der Waals surface area (Å²) in [4.78, 5) is 22.6. The first kappa shape index (κ1) is 13.3. The van der Waals surface area contributed by atoms with Crippen molar-refractivity contribution in [2.45, 2.75) is 24.4 Å². The average Bonchev–Trinajstić information content (AvgIpc) is 3.26. The van der Waals surface area contributed by atoms with Crippen LogP contribution in [0.1, 0.15) is 24.0 Å². The Balaban J connectivity index is 1.76. The van der Waals surface area contributed by atoms with E-state index in [9.17, 15) is 4.79 Å². The molecule has 2 aliphatic carbocycles. The number of benzene rings is 2. The predicted molar refractivity (Wildman–Crippen MR) is 84.3 cm³/mol. The van der Waals surface area contributed by atoms with Gasteiger partial charge in [-0.15, -0.1) is 0 Å². The van der Waals surface area contributed by atoms with Crippen molar-refractivity contribution in [3.63, 3.8) is 0 Å². The van der Waals surface area contributed by atoms with E-state index < -0.39 is 0 Å². The van der Waals surface area contributed by atoms with Crippen LogP contribution in [-0.4, -0.2) is 12.1 Å². The van der Waals surface area contributed by atoms with Gasteiger partial charge < -0.3 is 0 Å². The molecular weight excluding hydrogens is 288 g/mol. The van der Waals surface area contributed by atoms with Gasteiger partial charge in [-0.3, -0.25) is 4.89 Å². The van der Waals surface area contributed by atoms with Crippen molar-refractivity contribution in [1.82, 2.24) is 0 Å². The third kappa shape index (κ3) is 1.56. The smallest absolute Gasteiger partial charge is 0.298 e. The van der Waals surface area contributed by atoms with E-state index in [-0.39, 0.29) is 35.2 Å². The van der Waals surface area contributed by atoms with Crippen LogP contribution < -0.4 is 0 Å². The lowest BCUT2D eigenvalue weighted by molar-refractivity contribution is -0.270. The van der Waals surface area contributed by atoms with E-state index in [4.69, 9.17) is 9.78 Å². The van der Waals surface area contributed by atoms with Crippen molar-refractivity contribution >= 4 is 5.97 Å². The molecule has 3 nitrogen and oxygen atoms in total. The van der Waals surface area contributed by atoms with Crippen molar-refractivity contribution in [2.75, 3.05) is 0 Å². The number of hydrogen-bond donors (Lipinski definition) is 0. The standard InChI is InChI=1S/C20H18O3/c21-19-17-15-11-12-16(18(17)22-23-19)20(15,13-7-3-1-4-8-13)14-9-5-2-6-10-14/h1-10,15-18H,11-12H2/t15-,16-,17+,18+/m0/s1. The third-order valence-corrected chi connectivity index (χ3v) is 6.16. The molecule has 3 aliphatic rings. The molecule has 4 atom stereocenters. The number of rotatable bonds is 2. The fraction of sp³-hybridized carbons (Fsp3) is 0.350. The van der Waals surface area contributed by atoms with Gasteiger partial charge in [-0.2, -0.15) is 4.89 Å². The molecule has 3 fully saturated rings. The van der Waals surface area contributed by atoms with Crippen LogP contribution in [0.3, 0.4) is 0 Å². The number of fused-ring (bicyclic) bond motifs is 5. The van der Waals surface area contributed by atoms with E-state index in [0.717, 1.165) is 12.8 Å². The van der Waals surface area contributed by atoms with Gasteiger partial charge in [-0.05, 0) is 29.9 Å². The Morgan fingerprint density at radius 2 is 1.39 bits per heavy atom. The van der Waals surface area contributed by atoms with Crippen LogP contribution in [0.4, 0.5) is 0 Å². The third-order valence-electron chi connectivity index (χ3n) is 6.16. The molecule has 23 heavy (non-hydrogen) atoms. The molecule has 3 heteroatoms. The normalized spacial score (nSPS) is 33.5. The summed E-state index contributed by atoms with van der Waals surface area (Å²) in [5.41, 5.74) is 2.45. The molecule has 0 aromatic heterocycles. The maximum atomic E-state index is 12.2. The highest BCUT2D eigenvalue weighted by atomic mass is 17.2. The van der Waals surface area contributed by atoms with Crippen LogP contribution in [-0.2, 0) is 20.0 Å². The average molecular weight is 306 g/mol. The van der Waals surface area contributed by atoms with Gasteiger partial charge in [-0.25, -0.2) is 4.79 Å². The summed E-state index contributed by atoms with van der Waals surface area (Å²) in [6.45, 7) is 0. The second kappa shape index (κ2) is 4.68. The Morgan fingerprint density at radius 3 is 1.96 bits per heavy atom. The molecule has 2 saturated carbocycles. The Kier molecular flexibility index (Phi) is 2.71. The maximum absolute atomic E-state index is 12.2. The fourth-order valence-electron chi connectivity index (χ4n) is 5.49. The molecule has 2 bridgehead atoms. The van der Waals surface area contributed by atoms with Crippen LogP contribution in [0.25, 0.3) is 0 Å². The first-order valence-electron chi connectivity index (χ1n) is 8.31. The number of hydrogen-bond acceptors (Lipinski definition) is 3. The minimum Gasteiger partial charge on any atom is -0.298 e. The quantitative estimate of drug-likeness (QED) is 0.797. The lowest BCUT2D eigenvalue weighted by Gasteiger charge is -2.37. The van der Waals surface area contributed by atoms with Gasteiger partial charge in [0.15, 0.2) is 0 Å². The minimum absolute atomic E-state index is 0.110. The van der Waals surface area contributed by atoms with Crippen molar-refractivity contribution in [3.05, 3.63) is 71.8 Å². The van der Waals surface area contributed by atoms with Gasteiger partial charge in [0.25, 0.3) is 0 Å². The summed E-state index contributed by atoms with van der Waals surface area (Å²) < 4.78 is 0. The van der Waals surface area contributed by atoms with Gasteiger partial charge >= 0.3 is 5.97 Å². The first-order valence-corrected chi connectivity index (χ1v) is 8.31. The second-order valence-corrected chi connectivity index (χ2v) is 6.88. The van der Waals surface area contributed by atoms with Crippen molar-refractivity contribution in [3.8, 4) is 0 Å². The Hall–Kier alpha value is -2.13. The van der Waals surface area contributed by atoms with E-state index in [1.54, 1.807) is 0 Å². The van der Waals surface area contributed by atoms with Crippen LogP contribution in [0.15, 0.2) is 60.7 Å². The van der Waals surface area contributed by atoms with Gasteiger partial charge in [0, 0.05) is 11.3 Å². The molecule has 1 aliphatic heterocycles. The molecule has 0 amide bonds. The zero-order valence-electron chi connectivity index (χ0n) is 12.7. The maximum Gasteiger partial charge on any atom is 0.348 e. The highest BCUT2D eigenvalue weighted by Crippen LogP contribution is 2.66. The SMILES string of the molecule is O=C1OO[C@H]2[C@H]1[C@@H]1CC[C@@H]2C1(c1ccccc1)c1ccccc1. The summed E-state index contributed by atoms with van der Waals surface area (Å²) in [6, 6.07) is 21.2. The van der Waals surface area contributed by atoms with Gasteiger partial charge in [0.2, 0.25) is 0 Å². The largest absolute Gasteiger partial charge is 0.348 e. The molecule has 0 radical (unpaired) electrons. The lowest BCUT2D eigenvalue weighted by atomic mass is 9.66. The fourth-order valence-corrected chi connectivity index (χ4v) is 5.49. The molecule has 2 aromatic carbocycles. The molecule has 0 unspecified atom stereocenters. The van der Waals surface area contributed by atoms with Crippen molar-refractivity contribution in [2.24, 2.45) is 17.8 Å². The van der Waals surface area contributed by atoms with Crippen LogP contribution in [0.5, 0.6) is 0 Å². The predicted octanol–water partition coefficient (Wildman–Crippen LogP) is 3.49. The number of carbonyl (C=O) groups excluding carboxylic acids is 1. The highest BCUT2D eigenvalue weighted by molar-refractivity contribution is 5.76. The molecule has 116 valence electrons. The molecule has 1 saturated heterocycles. The van der Waals surface area contributed by atoms with E-state index in [1.165, 1.54) is 11.1 Å². The van der Waals surface area contributed by atoms with E-state index >= 15 is 0 Å². The van der Waals surface area contributed by atoms with Crippen LogP contribution in [0.2, 0.25) is 0 Å². The van der Waals surface area contributed by atoms with E-state index in [0.29, 0.717) is 0 Å². The monoisotopic (exact) mass is 306 g/mol. The summed E-state index contributed by atoms with van der Waals surface area (Å²) >= 11 is 0. The summed E-state index contributed by atoms with van der Waals surface area (Å²) in [5.74, 6) is 0.221. The van der Waals surface area contributed by atoms with Crippen LogP contribution in [0, 0.1) is 17.8 Å². The minimum atomic E-state index is -0.182. The molecular formula is C20H18O3. The van der Waals surface area contributed by atoms with Crippen molar-refractivity contribution in [1.29, 1.82) is 0 Å². The van der Waals surface area contributed by atoms with Crippen molar-refractivity contribution < 1.29 is 14.6 Å². The molecule has 5 rings (SSSR count). The molecule has 2 aromatic rings. The Morgan fingerprint density at radius 1 is 0.826 bits per heavy atom. The highest BCUT2D eigenvalue weighted by Gasteiger charge is 2.70. The zero-order valence-corrected chi connectivity index (χ0v) is 12.7. The summed E-state index contributed by atoms with van der Waals surface area (Å²) in [5, 5.41) is 0. The zero-order chi connectivity index (χ0) is 15.4. The first-order chi connectivity index (χ1) is 11.3. The topological polar surface area (TPSA) is 35.5 Å². The molecule has 0 N–H and O–H groups in total. The summed E-state index contributed by atoms with van der Waals surface area (Å²) in [7, 11) is 0.